The van der Waals surface area contributed by atoms with Gasteiger partial charge >= 0.3 is 5.97 Å². The fourth-order valence-corrected chi connectivity index (χ4v) is 4.52. The third kappa shape index (κ3) is 4.31. The van der Waals surface area contributed by atoms with E-state index in [2.05, 4.69) is 20.6 Å². The second-order valence-electron chi connectivity index (χ2n) is 7.90. The largest absolute Gasteiger partial charge is 0.452 e. The highest BCUT2D eigenvalue weighted by atomic mass is 32.1. The number of rotatable bonds is 6. The summed E-state index contributed by atoms with van der Waals surface area (Å²) >= 11 is 1.49. The number of aromatic nitrogens is 4. The molecule has 4 heterocycles. The van der Waals surface area contributed by atoms with E-state index >= 15 is 0 Å². The van der Waals surface area contributed by atoms with E-state index in [9.17, 15) is 9.59 Å². The Labute approximate surface area is 204 Å². The Bertz CT molecular complexity index is 1540. The summed E-state index contributed by atoms with van der Waals surface area (Å²) in [6, 6.07) is 15.0. The maximum Gasteiger partial charge on any atom is 0.339 e. The fourth-order valence-electron chi connectivity index (χ4n) is 3.83. The number of amides is 1. The number of pyridine rings is 1. The molecule has 0 atom stereocenters. The summed E-state index contributed by atoms with van der Waals surface area (Å²) in [5, 5.41) is 13.6. The Morgan fingerprint density at radius 1 is 1.09 bits per heavy atom. The van der Waals surface area contributed by atoms with Crippen LogP contribution in [0.15, 0.2) is 58.4 Å². The molecule has 0 bridgehead atoms. The SMILES string of the molecule is Cc1nn(-c2ccccc2)c(C)c1NC(=O)COC(=O)c1cc(-c2cccs2)nc2onc(C)c12. The van der Waals surface area contributed by atoms with Crippen LogP contribution in [0.3, 0.4) is 0 Å². The lowest BCUT2D eigenvalue weighted by atomic mass is 10.1. The van der Waals surface area contributed by atoms with Gasteiger partial charge in [0.25, 0.3) is 11.6 Å². The molecular formula is C25H21N5O4S. The van der Waals surface area contributed by atoms with E-state index in [1.165, 1.54) is 11.3 Å². The van der Waals surface area contributed by atoms with Crippen molar-refractivity contribution in [3.05, 3.63) is 76.6 Å². The van der Waals surface area contributed by atoms with Gasteiger partial charge in [0.1, 0.15) is 0 Å². The zero-order valence-corrected chi connectivity index (χ0v) is 20.0. The van der Waals surface area contributed by atoms with Crippen LogP contribution in [0.2, 0.25) is 0 Å². The molecule has 176 valence electrons. The average molecular weight is 488 g/mol. The molecule has 10 heteroatoms. The molecule has 5 aromatic rings. The summed E-state index contributed by atoms with van der Waals surface area (Å²) < 4.78 is 12.4. The van der Waals surface area contributed by atoms with Crippen molar-refractivity contribution in [3.63, 3.8) is 0 Å². The van der Waals surface area contributed by atoms with Gasteiger partial charge < -0.3 is 14.6 Å². The minimum absolute atomic E-state index is 0.240. The number of carbonyl (C=O) groups excluding carboxylic acids is 2. The number of nitrogens with one attached hydrogen (secondary N) is 1. The Morgan fingerprint density at radius 3 is 2.63 bits per heavy atom. The first-order valence-corrected chi connectivity index (χ1v) is 11.7. The molecule has 0 spiro atoms. The minimum atomic E-state index is -0.662. The maximum absolute atomic E-state index is 13.0. The molecule has 1 N–H and O–H groups in total. The molecule has 0 fully saturated rings. The number of nitrogens with zero attached hydrogens (tertiary/aromatic N) is 4. The summed E-state index contributed by atoms with van der Waals surface area (Å²) in [6.45, 7) is 4.93. The number of carbonyl (C=O) groups is 2. The number of benzene rings is 1. The minimum Gasteiger partial charge on any atom is -0.452 e. The lowest BCUT2D eigenvalue weighted by Crippen LogP contribution is -2.21. The number of fused-ring (bicyclic) bond motifs is 1. The van der Waals surface area contributed by atoms with Crippen LogP contribution in [0.1, 0.15) is 27.4 Å². The molecular weight excluding hydrogens is 466 g/mol. The lowest BCUT2D eigenvalue weighted by molar-refractivity contribution is -0.119. The van der Waals surface area contributed by atoms with Gasteiger partial charge in [-0.3, -0.25) is 4.79 Å². The molecule has 0 unspecified atom stereocenters. The molecule has 0 radical (unpaired) electrons. The van der Waals surface area contributed by atoms with Gasteiger partial charge in [-0.15, -0.1) is 11.3 Å². The first kappa shape index (κ1) is 22.5. The summed E-state index contributed by atoms with van der Waals surface area (Å²) in [5.74, 6) is -1.13. The molecule has 35 heavy (non-hydrogen) atoms. The predicted molar refractivity (Wildman–Crippen MR) is 132 cm³/mol. The van der Waals surface area contributed by atoms with Crippen molar-refractivity contribution >= 4 is 40.0 Å². The molecule has 1 amide bonds. The van der Waals surface area contributed by atoms with Gasteiger partial charge in [0.2, 0.25) is 0 Å². The maximum atomic E-state index is 13.0. The third-order valence-corrected chi connectivity index (χ3v) is 6.39. The van der Waals surface area contributed by atoms with Crippen LogP contribution in [0.5, 0.6) is 0 Å². The normalized spacial score (nSPS) is 11.1. The van der Waals surface area contributed by atoms with Gasteiger partial charge in [0, 0.05) is 0 Å². The zero-order chi connectivity index (χ0) is 24.5. The first-order valence-electron chi connectivity index (χ1n) is 10.8. The van der Waals surface area contributed by atoms with Crippen molar-refractivity contribution in [2.75, 3.05) is 11.9 Å². The van der Waals surface area contributed by atoms with Gasteiger partial charge in [-0.2, -0.15) is 5.10 Å². The van der Waals surface area contributed by atoms with E-state index < -0.39 is 18.5 Å². The molecule has 4 aromatic heterocycles. The molecule has 0 aliphatic carbocycles. The second kappa shape index (κ2) is 9.15. The molecule has 0 saturated carbocycles. The molecule has 0 aliphatic heterocycles. The highest BCUT2D eigenvalue weighted by Gasteiger charge is 2.22. The molecule has 1 aromatic carbocycles. The number of thiophene rings is 1. The van der Waals surface area contributed by atoms with Crippen molar-refractivity contribution in [3.8, 4) is 16.3 Å². The van der Waals surface area contributed by atoms with Crippen LogP contribution in [0, 0.1) is 20.8 Å². The number of hydrogen-bond donors (Lipinski definition) is 1. The van der Waals surface area contributed by atoms with Gasteiger partial charge in [0.05, 0.1) is 50.0 Å². The topological polar surface area (TPSA) is 112 Å². The van der Waals surface area contributed by atoms with E-state index in [-0.39, 0.29) is 11.3 Å². The van der Waals surface area contributed by atoms with E-state index in [1.54, 1.807) is 17.7 Å². The van der Waals surface area contributed by atoms with E-state index in [0.717, 1.165) is 16.3 Å². The van der Waals surface area contributed by atoms with Gasteiger partial charge in [-0.1, -0.05) is 29.4 Å². The van der Waals surface area contributed by atoms with Crippen molar-refractivity contribution in [2.24, 2.45) is 0 Å². The fraction of sp³-hybridized carbons (Fsp3) is 0.160. The number of para-hydroxylation sites is 1. The van der Waals surface area contributed by atoms with Crippen LogP contribution in [0.4, 0.5) is 5.69 Å². The highest BCUT2D eigenvalue weighted by molar-refractivity contribution is 7.13. The monoisotopic (exact) mass is 487 g/mol. The Balaban J connectivity index is 1.34. The van der Waals surface area contributed by atoms with Gasteiger partial charge in [0.15, 0.2) is 6.61 Å². The second-order valence-corrected chi connectivity index (χ2v) is 8.85. The van der Waals surface area contributed by atoms with E-state index in [0.29, 0.717) is 28.2 Å². The standard InChI is InChI=1S/C25H21N5O4S/c1-14-22-18(12-19(20-10-7-11-35-20)26-24(22)34-29-14)25(32)33-13-21(31)27-23-15(2)28-30(16(23)3)17-8-5-4-6-9-17/h4-12H,13H2,1-3H3,(H,27,31). The van der Waals surface area contributed by atoms with Crippen LogP contribution in [0.25, 0.3) is 27.4 Å². The summed E-state index contributed by atoms with van der Waals surface area (Å²) in [7, 11) is 0. The highest BCUT2D eigenvalue weighted by Crippen LogP contribution is 2.30. The van der Waals surface area contributed by atoms with Crippen LogP contribution < -0.4 is 5.32 Å². The van der Waals surface area contributed by atoms with Crippen LogP contribution in [-0.2, 0) is 9.53 Å². The Kier molecular flexibility index (Phi) is 5.87. The van der Waals surface area contributed by atoms with Gasteiger partial charge in [-0.05, 0) is 50.4 Å². The van der Waals surface area contributed by atoms with Gasteiger partial charge in [-0.25, -0.2) is 14.5 Å². The quantitative estimate of drug-likeness (QED) is 0.341. The summed E-state index contributed by atoms with van der Waals surface area (Å²) in [5.41, 5.74) is 4.45. The number of esters is 1. The number of anilines is 1. The first-order chi connectivity index (χ1) is 16.9. The molecule has 5 rings (SSSR count). The number of aryl methyl sites for hydroxylation is 2. The average Bonchev–Trinajstić information content (AvgIpc) is 3.59. The van der Waals surface area contributed by atoms with E-state index in [1.807, 2.05) is 61.7 Å². The number of ether oxygens (including phenoxy) is 1. The van der Waals surface area contributed by atoms with Crippen molar-refractivity contribution in [1.29, 1.82) is 0 Å². The molecule has 0 aliphatic rings. The zero-order valence-electron chi connectivity index (χ0n) is 19.2. The van der Waals surface area contributed by atoms with Crippen molar-refractivity contribution < 1.29 is 18.8 Å². The molecule has 0 saturated heterocycles. The Hall–Kier alpha value is -4.31. The Morgan fingerprint density at radius 2 is 1.89 bits per heavy atom. The van der Waals surface area contributed by atoms with Crippen molar-refractivity contribution in [2.45, 2.75) is 20.8 Å². The number of hydrogen-bond acceptors (Lipinski definition) is 8. The predicted octanol–water partition coefficient (Wildman–Crippen LogP) is 4.86. The summed E-state index contributed by atoms with van der Waals surface area (Å²) in [6.07, 6.45) is 0. The third-order valence-electron chi connectivity index (χ3n) is 5.50. The van der Waals surface area contributed by atoms with Crippen LogP contribution >= 0.6 is 11.3 Å². The van der Waals surface area contributed by atoms with Crippen LogP contribution in [-0.4, -0.2) is 38.4 Å². The van der Waals surface area contributed by atoms with E-state index in [4.69, 9.17) is 9.26 Å². The smallest absolute Gasteiger partial charge is 0.339 e. The summed E-state index contributed by atoms with van der Waals surface area (Å²) in [4.78, 5) is 31.0. The lowest BCUT2D eigenvalue weighted by Gasteiger charge is -2.09. The van der Waals surface area contributed by atoms with Crippen molar-refractivity contribution in [1.82, 2.24) is 19.9 Å². The molecule has 9 nitrogen and oxygen atoms in total.